The molecule has 5 rings (SSSR count). The van der Waals surface area contributed by atoms with Gasteiger partial charge in [0, 0.05) is 31.7 Å². The number of hydrogen-bond donors (Lipinski definition) is 0. The van der Waals surface area contributed by atoms with E-state index in [9.17, 15) is 9.59 Å². The van der Waals surface area contributed by atoms with Crippen LogP contribution in [0, 0.1) is 13.8 Å². The Hall–Kier alpha value is -4.14. The molecule has 1 amide bonds. The number of carbonyl (C=O) groups is 1. The lowest BCUT2D eigenvalue weighted by molar-refractivity contribution is -0.132. The quantitative estimate of drug-likeness (QED) is 0.444. The molecule has 0 aliphatic carbocycles. The van der Waals surface area contributed by atoms with Gasteiger partial charge < -0.3 is 14.5 Å². The summed E-state index contributed by atoms with van der Waals surface area (Å²) in [7, 11) is 1.66. The van der Waals surface area contributed by atoms with Crippen molar-refractivity contribution in [2.24, 2.45) is 0 Å². The van der Waals surface area contributed by atoms with Crippen LogP contribution in [-0.4, -0.2) is 63.5 Å². The zero-order valence-electron chi connectivity index (χ0n) is 20.1. The van der Waals surface area contributed by atoms with Crippen molar-refractivity contribution in [1.29, 1.82) is 0 Å². The SMILES string of the molecule is COc1ccccc1N1CCN(C(=O)Cn2nc3ccc(-c4ccc(C)c(C)c4)nn3c2=O)CC1. The van der Waals surface area contributed by atoms with Gasteiger partial charge in [0.2, 0.25) is 5.91 Å². The van der Waals surface area contributed by atoms with Gasteiger partial charge in [0.15, 0.2) is 5.65 Å². The van der Waals surface area contributed by atoms with Gasteiger partial charge in [0.1, 0.15) is 12.3 Å². The molecule has 1 fully saturated rings. The normalized spacial score (nSPS) is 13.9. The number of methoxy groups -OCH3 is 1. The highest BCUT2D eigenvalue weighted by Crippen LogP contribution is 2.28. The number of hydrogen-bond acceptors (Lipinski definition) is 6. The molecule has 0 N–H and O–H groups in total. The van der Waals surface area contributed by atoms with Crippen LogP contribution in [0.3, 0.4) is 0 Å². The molecule has 9 heteroatoms. The van der Waals surface area contributed by atoms with Crippen molar-refractivity contribution >= 4 is 17.2 Å². The number of ether oxygens (including phenoxy) is 1. The molecule has 0 spiro atoms. The summed E-state index contributed by atoms with van der Waals surface area (Å²) in [5, 5.41) is 8.82. The number of nitrogens with zero attached hydrogens (tertiary/aromatic N) is 6. The summed E-state index contributed by atoms with van der Waals surface area (Å²) in [5.74, 6) is 0.681. The zero-order chi connectivity index (χ0) is 24.5. The van der Waals surface area contributed by atoms with Crippen LogP contribution in [0.5, 0.6) is 5.75 Å². The van der Waals surface area contributed by atoms with Crippen molar-refractivity contribution in [2.75, 3.05) is 38.2 Å². The maximum atomic E-state index is 13.0. The first kappa shape index (κ1) is 22.6. The molecular formula is C26H28N6O3. The second kappa shape index (κ2) is 9.25. The van der Waals surface area contributed by atoms with E-state index in [0.717, 1.165) is 22.6 Å². The number of benzene rings is 2. The lowest BCUT2D eigenvalue weighted by Gasteiger charge is -2.36. The Morgan fingerprint density at radius 1 is 0.943 bits per heavy atom. The molecule has 0 bridgehead atoms. The van der Waals surface area contributed by atoms with Crippen LogP contribution in [0.1, 0.15) is 11.1 Å². The molecule has 4 aromatic rings. The van der Waals surface area contributed by atoms with Crippen molar-refractivity contribution < 1.29 is 9.53 Å². The van der Waals surface area contributed by atoms with Crippen molar-refractivity contribution in [3.05, 3.63) is 76.2 Å². The van der Waals surface area contributed by atoms with Gasteiger partial charge >= 0.3 is 5.69 Å². The molecular weight excluding hydrogens is 444 g/mol. The summed E-state index contributed by atoms with van der Waals surface area (Å²) in [6.07, 6.45) is 0. The van der Waals surface area contributed by atoms with Crippen LogP contribution < -0.4 is 15.3 Å². The first-order chi connectivity index (χ1) is 16.9. The minimum absolute atomic E-state index is 0.115. The Morgan fingerprint density at radius 2 is 1.71 bits per heavy atom. The lowest BCUT2D eigenvalue weighted by Crippen LogP contribution is -2.50. The highest BCUT2D eigenvalue weighted by Gasteiger charge is 2.24. The molecule has 1 aliphatic rings. The van der Waals surface area contributed by atoms with E-state index in [1.54, 1.807) is 18.1 Å². The highest BCUT2D eigenvalue weighted by atomic mass is 16.5. The molecule has 35 heavy (non-hydrogen) atoms. The Bertz CT molecular complexity index is 1450. The van der Waals surface area contributed by atoms with Crippen molar-refractivity contribution in [3.63, 3.8) is 0 Å². The van der Waals surface area contributed by atoms with Gasteiger partial charge in [0.05, 0.1) is 18.5 Å². The molecule has 0 radical (unpaired) electrons. The zero-order valence-corrected chi connectivity index (χ0v) is 20.1. The van der Waals surface area contributed by atoms with Gasteiger partial charge in [-0.05, 0) is 55.3 Å². The molecule has 2 aromatic carbocycles. The predicted molar refractivity (Wildman–Crippen MR) is 134 cm³/mol. The Balaban J connectivity index is 1.30. The molecule has 2 aromatic heterocycles. The van der Waals surface area contributed by atoms with Gasteiger partial charge in [-0.1, -0.05) is 24.3 Å². The molecule has 0 atom stereocenters. The highest BCUT2D eigenvalue weighted by molar-refractivity contribution is 5.76. The van der Waals surface area contributed by atoms with E-state index in [1.165, 1.54) is 14.8 Å². The number of amides is 1. The van der Waals surface area contributed by atoms with E-state index < -0.39 is 5.69 Å². The third-order valence-electron chi connectivity index (χ3n) is 6.59. The third-order valence-corrected chi connectivity index (χ3v) is 6.59. The molecule has 1 aliphatic heterocycles. The van der Waals surface area contributed by atoms with Crippen LogP contribution in [0.2, 0.25) is 0 Å². The van der Waals surface area contributed by atoms with Crippen LogP contribution in [-0.2, 0) is 11.3 Å². The number of anilines is 1. The molecule has 180 valence electrons. The number of fused-ring (bicyclic) bond motifs is 1. The van der Waals surface area contributed by atoms with Crippen LogP contribution in [0.4, 0.5) is 5.69 Å². The van der Waals surface area contributed by atoms with Gasteiger partial charge in [0.25, 0.3) is 0 Å². The van der Waals surface area contributed by atoms with E-state index in [4.69, 9.17) is 4.74 Å². The van der Waals surface area contributed by atoms with Crippen molar-refractivity contribution in [2.45, 2.75) is 20.4 Å². The number of aromatic nitrogens is 4. The van der Waals surface area contributed by atoms with Gasteiger partial charge in [-0.2, -0.15) is 9.61 Å². The monoisotopic (exact) mass is 472 g/mol. The number of aryl methyl sites for hydroxylation is 2. The fourth-order valence-corrected chi connectivity index (χ4v) is 4.38. The molecule has 9 nitrogen and oxygen atoms in total. The minimum atomic E-state index is -0.424. The van der Waals surface area contributed by atoms with E-state index in [2.05, 4.69) is 22.0 Å². The smallest absolute Gasteiger partial charge is 0.367 e. The second-order valence-corrected chi connectivity index (χ2v) is 8.77. The molecule has 1 saturated heterocycles. The maximum Gasteiger partial charge on any atom is 0.367 e. The topological polar surface area (TPSA) is 85.0 Å². The molecule has 3 heterocycles. The number of piperazine rings is 1. The predicted octanol–water partition coefficient (Wildman–Crippen LogP) is 2.53. The summed E-state index contributed by atoms with van der Waals surface area (Å²) in [5.41, 5.74) is 4.97. The van der Waals surface area contributed by atoms with E-state index in [-0.39, 0.29) is 12.5 Å². The van der Waals surface area contributed by atoms with E-state index in [0.29, 0.717) is 37.5 Å². The average molecular weight is 473 g/mol. The third kappa shape index (κ3) is 4.37. The first-order valence-corrected chi connectivity index (χ1v) is 11.6. The number of carbonyl (C=O) groups excluding carboxylic acids is 1. The van der Waals surface area contributed by atoms with E-state index >= 15 is 0 Å². The minimum Gasteiger partial charge on any atom is -0.495 e. The molecule has 0 unspecified atom stereocenters. The van der Waals surface area contributed by atoms with Crippen LogP contribution in [0.25, 0.3) is 16.9 Å². The number of rotatable bonds is 5. The standard InChI is InChI=1S/C26H28N6O3/c1-18-8-9-20(16-19(18)2)21-10-11-24-28-31(26(34)32(24)27-21)17-25(33)30-14-12-29(13-15-30)22-6-4-5-7-23(22)35-3/h4-11,16H,12-15,17H2,1-3H3. The number of para-hydroxylation sites is 2. The Kier molecular flexibility index (Phi) is 5.98. The largest absolute Gasteiger partial charge is 0.495 e. The lowest BCUT2D eigenvalue weighted by atomic mass is 10.0. The Morgan fingerprint density at radius 3 is 2.46 bits per heavy atom. The summed E-state index contributed by atoms with van der Waals surface area (Å²) < 4.78 is 7.92. The Labute approximate surface area is 203 Å². The fourth-order valence-electron chi connectivity index (χ4n) is 4.38. The first-order valence-electron chi connectivity index (χ1n) is 11.6. The average Bonchev–Trinajstić information content (AvgIpc) is 3.20. The molecule has 0 saturated carbocycles. The van der Waals surface area contributed by atoms with E-state index in [1.807, 2.05) is 55.5 Å². The maximum absolute atomic E-state index is 13.0. The summed E-state index contributed by atoms with van der Waals surface area (Å²) in [6.45, 7) is 6.49. The summed E-state index contributed by atoms with van der Waals surface area (Å²) >= 11 is 0. The van der Waals surface area contributed by atoms with Gasteiger partial charge in [-0.25, -0.2) is 9.48 Å². The summed E-state index contributed by atoms with van der Waals surface area (Å²) in [4.78, 5) is 29.9. The van der Waals surface area contributed by atoms with Crippen molar-refractivity contribution in [3.8, 4) is 17.0 Å². The van der Waals surface area contributed by atoms with Gasteiger partial charge in [-0.15, -0.1) is 5.10 Å². The second-order valence-electron chi connectivity index (χ2n) is 8.77. The van der Waals surface area contributed by atoms with Crippen LogP contribution in [0.15, 0.2) is 59.4 Å². The van der Waals surface area contributed by atoms with Crippen LogP contribution >= 0.6 is 0 Å². The summed E-state index contributed by atoms with van der Waals surface area (Å²) in [6, 6.07) is 17.5. The van der Waals surface area contributed by atoms with Gasteiger partial charge in [-0.3, -0.25) is 4.79 Å². The van der Waals surface area contributed by atoms with Crippen molar-refractivity contribution in [1.82, 2.24) is 24.3 Å². The fraction of sp³-hybridized carbons (Fsp3) is 0.308.